The first-order valence-corrected chi connectivity index (χ1v) is 8.15. The zero-order chi connectivity index (χ0) is 14.9. The molecule has 2 aromatic rings. The highest BCUT2D eigenvalue weighted by atomic mass is 79.9. The standard InChI is InChI=1S/C12H11BrClN3O2S/c1-7-5-8(14)11(6-9(7)15)20(18,19)17-10-3-2-4-16-12(10)13/h2-6,17H,15H2,1H3. The third-order valence-corrected chi connectivity index (χ3v) is 5.08. The van der Waals surface area contributed by atoms with Crippen molar-refractivity contribution in [2.75, 3.05) is 10.5 Å². The first kappa shape index (κ1) is 15.1. The molecule has 0 bridgehead atoms. The Hall–Kier alpha value is -1.31. The molecule has 0 saturated heterocycles. The van der Waals surface area contributed by atoms with Gasteiger partial charge in [0.1, 0.15) is 9.50 Å². The predicted octanol–water partition coefficient (Wildman–Crippen LogP) is 3.19. The van der Waals surface area contributed by atoms with E-state index in [4.69, 9.17) is 17.3 Å². The summed E-state index contributed by atoms with van der Waals surface area (Å²) in [6.45, 7) is 1.75. The van der Waals surface area contributed by atoms with E-state index in [0.717, 1.165) is 5.56 Å². The van der Waals surface area contributed by atoms with Crippen molar-refractivity contribution in [1.82, 2.24) is 4.98 Å². The van der Waals surface area contributed by atoms with E-state index in [0.29, 0.717) is 16.0 Å². The minimum absolute atomic E-state index is 0.0713. The van der Waals surface area contributed by atoms with E-state index in [1.54, 1.807) is 25.3 Å². The van der Waals surface area contributed by atoms with Gasteiger partial charge in [-0.15, -0.1) is 0 Å². The average molecular weight is 377 g/mol. The lowest BCUT2D eigenvalue weighted by molar-refractivity contribution is 0.601. The number of aromatic nitrogens is 1. The molecule has 0 amide bonds. The number of benzene rings is 1. The lowest BCUT2D eigenvalue weighted by Gasteiger charge is -2.12. The third-order valence-electron chi connectivity index (χ3n) is 2.61. The Morgan fingerprint density at radius 3 is 2.75 bits per heavy atom. The number of anilines is 2. The fraction of sp³-hybridized carbons (Fsp3) is 0.0833. The largest absolute Gasteiger partial charge is 0.398 e. The number of hydrogen-bond acceptors (Lipinski definition) is 4. The molecule has 0 spiro atoms. The van der Waals surface area contributed by atoms with Crippen molar-refractivity contribution in [3.05, 3.63) is 45.7 Å². The van der Waals surface area contributed by atoms with Crippen LogP contribution in [-0.2, 0) is 10.0 Å². The summed E-state index contributed by atoms with van der Waals surface area (Å²) < 4.78 is 27.5. The van der Waals surface area contributed by atoms with E-state index in [1.165, 1.54) is 12.1 Å². The normalized spacial score (nSPS) is 11.3. The van der Waals surface area contributed by atoms with Crippen molar-refractivity contribution in [2.45, 2.75) is 11.8 Å². The van der Waals surface area contributed by atoms with E-state index >= 15 is 0 Å². The number of pyridine rings is 1. The van der Waals surface area contributed by atoms with Gasteiger partial charge in [-0.1, -0.05) is 11.6 Å². The van der Waals surface area contributed by atoms with Gasteiger partial charge in [-0.3, -0.25) is 4.72 Å². The summed E-state index contributed by atoms with van der Waals surface area (Å²) in [5.74, 6) is 0. The molecule has 0 fully saturated rings. The van der Waals surface area contributed by atoms with Gasteiger partial charge in [-0.2, -0.15) is 0 Å². The SMILES string of the molecule is Cc1cc(Cl)c(S(=O)(=O)Nc2cccnc2Br)cc1N. The number of nitrogens with two attached hydrogens (primary N) is 1. The van der Waals surface area contributed by atoms with Gasteiger partial charge in [0, 0.05) is 11.9 Å². The first-order chi connectivity index (χ1) is 9.31. The lowest BCUT2D eigenvalue weighted by atomic mass is 10.2. The maximum absolute atomic E-state index is 12.3. The summed E-state index contributed by atoms with van der Waals surface area (Å²) in [6.07, 6.45) is 1.54. The summed E-state index contributed by atoms with van der Waals surface area (Å²) in [5, 5.41) is 0.115. The highest BCUT2D eigenvalue weighted by Crippen LogP contribution is 2.29. The van der Waals surface area contributed by atoms with Crippen LogP contribution in [0.15, 0.2) is 40.0 Å². The fourth-order valence-corrected chi connectivity index (χ4v) is 3.70. The second kappa shape index (κ2) is 5.59. The number of nitrogen functional groups attached to an aromatic ring is 1. The maximum atomic E-state index is 12.3. The molecule has 1 heterocycles. The number of nitrogens with zero attached hydrogens (tertiary/aromatic N) is 1. The molecule has 0 unspecified atom stereocenters. The van der Waals surface area contributed by atoms with Gasteiger partial charge < -0.3 is 5.73 Å². The Balaban J connectivity index is 2.47. The Bertz CT molecular complexity index is 765. The minimum Gasteiger partial charge on any atom is -0.398 e. The van der Waals surface area contributed by atoms with Crippen LogP contribution in [-0.4, -0.2) is 13.4 Å². The fourth-order valence-electron chi connectivity index (χ4n) is 1.54. The Labute approximate surface area is 130 Å². The summed E-state index contributed by atoms with van der Waals surface area (Å²) in [4.78, 5) is 3.87. The van der Waals surface area contributed by atoms with E-state index < -0.39 is 10.0 Å². The first-order valence-electron chi connectivity index (χ1n) is 5.50. The molecule has 0 aliphatic carbocycles. The highest BCUT2D eigenvalue weighted by Gasteiger charge is 2.20. The zero-order valence-electron chi connectivity index (χ0n) is 10.4. The zero-order valence-corrected chi connectivity index (χ0v) is 13.6. The molecule has 5 nitrogen and oxygen atoms in total. The summed E-state index contributed by atoms with van der Waals surface area (Å²) in [5.41, 5.74) is 7.14. The molecule has 8 heteroatoms. The second-order valence-electron chi connectivity index (χ2n) is 4.09. The van der Waals surface area contributed by atoms with Crippen molar-refractivity contribution in [2.24, 2.45) is 0 Å². The van der Waals surface area contributed by atoms with Gasteiger partial charge in [-0.25, -0.2) is 13.4 Å². The maximum Gasteiger partial charge on any atom is 0.263 e. The molecular formula is C12H11BrClN3O2S. The molecule has 1 aromatic heterocycles. The van der Waals surface area contributed by atoms with Crippen LogP contribution in [0, 0.1) is 6.92 Å². The van der Waals surface area contributed by atoms with Crippen molar-refractivity contribution in [3.8, 4) is 0 Å². The summed E-state index contributed by atoms with van der Waals surface area (Å²) >= 11 is 9.16. The summed E-state index contributed by atoms with van der Waals surface area (Å²) in [6, 6.07) is 6.06. The molecule has 20 heavy (non-hydrogen) atoms. The van der Waals surface area contributed by atoms with E-state index in [9.17, 15) is 8.42 Å². The Morgan fingerprint density at radius 1 is 1.40 bits per heavy atom. The van der Waals surface area contributed by atoms with Crippen molar-refractivity contribution in [1.29, 1.82) is 0 Å². The van der Waals surface area contributed by atoms with E-state index in [-0.39, 0.29) is 9.92 Å². The van der Waals surface area contributed by atoms with Gasteiger partial charge >= 0.3 is 0 Å². The molecule has 0 aliphatic rings. The molecule has 0 atom stereocenters. The van der Waals surface area contributed by atoms with Crippen LogP contribution >= 0.6 is 27.5 Å². The topological polar surface area (TPSA) is 85.1 Å². The van der Waals surface area contributed by atoms with E-state index in [2.05, 4.69) is 25.6 Å². The Morgan fingerprint density at radius 2 is 2.10 bits per heavy atom. The van der Waals surface area contributed by atoms with Gasteiger partial charge in [0.15, 0.2) is 0 Å². The third kappa shape index (κ3) is 3.05. The lowest BCUT2D eigenvalue weighted by Crippen LogP contribution is -2.14. The van der Waals surface area contributed by atoms with Crippen LogP contribution in [0.3, 0.4) is 0 Å². The van der Waals surface area contributed by atoms with Crippen LogP contribution in [0.4, 0.5) is 11.4 Å². The van der Waals surface area contributed by atoms with Crippen molar-refractivity contribution in [3.63, 3.8) is 0 Å². The number of aryl methyl sites for hydroxylation is 1. The smallest absolute Gasteiger partial charge is 0.263 e. The minimum atomic E-state index is -3.84. The average Bonchev–Trinajstić information content (AvgIpc) is 2.36. The van der Waals surface area contributed by atoms with Gasteiger partial charge in [-0.05, 0) is 52.7 Å². The number of halogens is 2. The van der Waals surface area contributed by atoms with E-state index in [1.807, 2.05) is 0 Å². The molecule has 3 N–H and O–H groups in total. The number of rotatable bonds is 3. The van der Waals surface area contributed by atoms with Crippen molar-refractivity contribution >= 4 is 48.9 Å². The van der Waals surface area contributed by atoms with Crippen LogP contribution in [0.1, 0.15) is 5.56 Å². The molecular weight excluding hydrogens is 366 g/mol. The van der Waals surface area contributed by atoms with Crippen LogP contribution < -0.4 is 10.5 Å². The number of hydrogen-bond donors (Lipinski definition) is 2. The van der Waals surface area contributed by atoms with Gasteiger partial charge in [0.05, 0.1) is 10.7 Å². The van der Waals surface area contributed by atoms with Crippen LogP contribution in [0.25, 0.3) is 0 Å². The molecule has 0 saturated carbocycles. The van der Waals surface area contributed by atoms with Gasteiger partial charge in [0.25, 0.3) is 10.0 Å². The molecule has 0 aliphatic heterocycles. The van der Waals surface area contributed by atoms with Gasteiger partial charge in [0.2, 0.25) is 0 Å². The van der Waals surface area contributed by atoms with Crippen LogP contribution in [0.2, 0.25) is 5.02 Å². The molecule has 1 aromatic carbocycles. The number of sulfonamides is 1. The molecule has 2 rings (SSSR count). The summed E-state index contributed by atoms with van der Waals surface area (Å²) in [7, 11) is -3.84. The molecule has 106 valence electrons. The van der Waals surface area contributed by atoms with Crippen LogP contribution in [0.5, 0.6) is 0 Å². The molecule has 0 radical (unpaired) electrons. The number of nitrogens with one attached hydrogen (secondary N) is 1. The predicted molar refractivity (Wildman–Crippen MR) is 83.3 cm³/mol. The van der Waals surface area contributed by atoms with Crippen molar-refractivity contribution < 1.29 is 8.42 Å². The monoisotopic (exact) mass is 375 g/mol. The highest BCUT2D eigenvalue weighted by molar-refractivity contribution is 9.10. The Kier molecular flexibility index (Phi) is 4.22. The second-order valence-corrected chi connectivity index (χ2v) is 6.90. The quantitative estimate of drug-likeness (QED) is 0.636.